The number of fused-ring (bicyclic) bond motifs is 5. The van der Waals surface area contributed by atoms with Crippen molar-refractivity contribution in [2.45, 2.75) is 19.0 Å². The number of amides is 3. The molecule has 1 unspecified atom stereocenters. The molecule has 2 aliphatic rings. The number of phenols is 1. The van der Waals surface area contributed by atoms with Crippen LogP contribution in [0.4, 0.5) is 5.69 Å². The van der Waals surface area contributed by atoms with E-state index in [1.807, 2.05) is 36.4 Å². The number of aromatic hydroxyl groups is 1. The molecule has 2 N–H and O–H groups in total. The zero-order valence-corrected chi connectivity index (χ0v) is 17.9. The maximum Gasteiger partial charge on any atom is 0.260 e. The summed E-state index contributed by atoms with van der Waals surface area (Å²) in [7, 11) is 0. The molecule has 2 aliphatic heterocycles. The number of phenolic OH excluding ortho intramolecular Hbond substituents is 1. The summed E-state index contributed by atoms with van der Waals surface area (Å²) >= 11 is 0. The number of rotatable bonds is 6. The Kier molecular flexibility index (Phi) is 5.30. The predicted molar refractivity (Wildman–Crippen MR) is 123 cm³/mol. The molecule has 0 aliphatic carbocycles. The summed E-state index contributed by atoms with van der Waals surface area (Å²) < 4.78 is 0. The molecule has 1 atom stereocenters. The van der Waals surface area contributed by atoms with Crippen LogP contribution in [0.15, 0.2) is 72.8 Å². The van der Waals surface area contributed by atoms with Gasteiger partial charge in [0.15, 0.2) is 0 Å². The summed E-state index contributed by atoms with van der Waals surface area (Å²) in [5.41, 5.74) is 3.42. The van der Waals surface area contributed by atoms with Crippen molar-refractivity contribution in [3.63, 3.8) is 0 Å². The number of para-hydroxylation sites is 1. The van der Waals surface area contributed by atoms with Crippen molar-refractivity contribution in [1.82, 2.24) is 10.2 Å². The van der Waals surface area contributed by atoms with Crippen molar-refractivity contribution in [2.24, 2.45) is 0 Å². The molecule has 3 aromatic carbocycles. The van der Waals surface area contributed by atoms with E-state index in [0.29, 0.717) is 29.8 Å². The third kappa shape index (κ3) is 3.71. The fourth-order valence-corrected chi connectivity index (χ4v) is 4.52. The zero-order chi connectivity index (χ0) is 22.9. The minimum atomic E-state index is -0.555. The lowest BCUT2D eigenvalue weighted by Crippen LogP contribution is -2.49. The Balaban J connectivity index is 1.31. The van der Waals surface area contributed by atoms with Crippen LogP contribution in [-0.2, 0) is 11.2 Å². The summed E-state index contributed by atoms with van der Waals surface area (Å²) in [6, 6.07) is 21.3. The van der Waals surface area contributed by atoms with Crippen LogP contribution in [0.1, 0.15) is 44.4 Å². The first kappa shape index (κ1) is 20.8. The summed E-state index contributed by atoms with van der Waals surface area (Å²) in [6.45, 7) is 0.651. The predicted octanol–water partition coefficient (Wildman–Crippen LogP) is 3.26. The average Bonchev–Trinajstić information content (AvgIpc) is 3.13. The Morgan fingerprint density at radius 2 is 1.58 bits per heavy atom. The largest absolute Gasteiger partial charge is 0.508 e. The van der Waals surface area contributed by atoms with Gasteiger partial charge in [-0.2, -0.15) is 0 Å². The van der Waals surface area contributed by atoms with E-state index >= 15 is 0 Å². The smallest absolute Gasteiger partial charge is 0.260 e. The molecule has 0 saturated heterocycles. The molecule has 0 fully saturated rings. The van der Waals surface area contributed by atoms with Gasteiger partial charge in [0, 0.05) is 30.6 Å². The van der Waals surface area contributed by atoms with Crippen LogP contribution in [0.25, 0.3) is 0 Å². The van der Waals surface area contributed by atoms with E-state index in [4.69, 9.17) is 0 Å². The van der Waals surface area contributed by atoms with Gasteiger partial charge in [-0.15, -0.1) is 0 Å². The Morgan fingerprint density at radius 1 is 0.879 bits per heavy atom. The molecule has 33 heavy (non-hydrogen) atoms. The fraction of sp³-hybridized carbons (Fsp3) is 0.192. The second-order valence-electron chi connectivity index (χ2n) is 8.17. The minimum absolute atomic E-state index is 0.129. The van der Waals surface area contributed by atoms with E-state index < -0.39 is 6.17 Å². The van der Waals surface area contributed by atoms with Gasteiger partial charge in [0.25, 0.3) is 11.8 Å². The summed E-state index contributed by atoms with van der Waals surface area (Å²) in [5.74, 6) is -0.284. The number of nitrogens with one attached hydrogen (secondary N) is 1. The van der Waals surface area contributed by atoms with Gasteiger partial charge in [0.2, 0.25) is 5.91 Å². The van der Waals surface area contributed by atoms with Crippen molar-refractivity contribution in [3.05, 3.63) is 95.1 Å². The normalized spacial score (nSPS) is 16.3. The quantitative estimate of drug-likeness (QED) is 0.615. The van der Waals surface area contributed by atoms with Crippen LogP contribution in [0, 0.1) is 0 Å². The maximum absolute atomic E-state index is 13.4. The van der Waals surface area contributed by atoms with E-state index in [9.17, 15) is 19.5 Å². The third-order valence-electron chi connectivity index (χ3n) is 6.13. The van der Waals surface area contributed by atoms with Crippen molar-refractivity contribution in [3.8, 4) is 5.75 Å². The molecule has 5 rings (SSSR count). The highest BCUT2D eigenvalue weighted by Gasteiger charge is 2.47. The minimum Gasteiger partial charge on any atom is -0.508 e. The first-order valence-electron chi connectivity index (χ1n) is 10.9. The molecule has 3 aromatic rings. The highest BCUT2D eigenvalue weighted by atomic mass is 16.3. The highest BCUT2D eigenvalue weighted by Crippen LogP contribution is 2.45. The third-order valence-corrected chi connectivity index (χ3v) is 6.13. The molecule has 0 spiro atoms. The number of anilines is 1. The van der Waals surface area contributed by atoms with Gasteiger partial charge in [-0.05, 0) is 42.3 Å². The average molecular weight is 441 g/mol. The SMILES string of the molecule is O=C(CCN1C(=O)c2ccccc2N2C(=O)c3ccccc3C12)NCCc1ccc(O)cc1. The van der Waals surface area contributed by atoms with Crippen LogP contribution >= 0.6 is 0 Å². The standard InChI is InChI=1S/C26H23N3O4/c30-18-11-9-17(10-12-18)13-15-27-23(31)14-16-28-24-19-5-1-2-6-20(19)26(33)29(24)22-8-4-3-7-21(22)25(28)32/h1-12,24,30H,13-16H2,(H,27,31). The fourth-order valence-electron chi connectivity index (χ4n) is 4.52. The maximum atomic E-state index is 13.4. The molecule has 3 amide bonds. The van der Waals surface area contributed by atoms with Crippen LogP contribution < -0.4 is 10.2 Å². The second kappa shape index (κ2) is 8.43. The number of nitrogens with zero attached hydrogens (tertiary/aromatic N) is 2. The number of carbonyl (C=O) groups excluding carboxylic acids is 3. The lowest BCUT2D eigenvalue weighted by Gasteiger charge is -2.40. The highest BCUT2D eigenvalue weighted by molar-refractivity contribution is 6.16. The lowest BCUT2D eigenvalue weighted by atomic mass is 10.0. The first-order chi connectivity index (χ1) is 16.0. The van der Waals surface area contributed by atoms with Gasteiger partial charge in [0.1, 0.15) is 11.9 Å². The molecule has 2 heterocycles. The summed E-state index contributed by atoms with van der Waals surface area (Å²) in [6.07, 6.45) is 0.214. The van der Waals surface area contributed by atoms with Crippen molar-refractivity contribution >= 4 is 23.4 Å². The number of carbonyl (C=O) groups is 3. The molecular weight excluding hydrogens is 418 g/mol. The van der Waals surface area contributed by atoms with Gasteiger partial charge in [-0.3, -0.25) is 19.3 Å². The van der Waals surface area contributed by atoms with Crippen LogP contribution in [0.3, 0.4) is 0 Å². The Morgan fingerprint density at radius 3 is 2.36 bits per heavy atom. The summed E-state index contributed by atoms with van der Waals surface area (Å²) in [4.78, 5) is 42.3. The Hall–Kier alpha value is -4.13. The number of hydrogen-bond acceptors (Lipinski definition) is 4. The van der Waals surface area contributed by atoms with E-state index in [-0.39, 0.29) is 36.4 Å². The van der Waals surface area contributed by atoms with Gasteiger partial charge in [-0.1, -0.05) is 42.5 Å². The van der Waals surface area contributed by atoms with Crippen LogP contribution in [-0.4, -0.2) is 40.8 Å². The second-order valence-corrected chi connectivity index (χ2v) is 8.17. The number of benzene rings is 3. The van der Waals surface area contributed by atoms with E-state index in [2.05, 4.69) is 5.32 Å². The molecule has 0 aromatic heterocycles. The van der Waals surface area contributed by atoms with Gasteiger partial charge in [-0.25, -0.2) is 0 Å². The van der Waals surface area contributed by atoms with Crippen molar-refractivity contribution in [1.29, 1.82) is 0 Å². The summed E-state index contributed by atoms with van der Waals surface area (Å²) in [5, 5.41) is 12.2. The van der Waals surface area contributed by atoms with Crippen molar-refractivity contribution < 1.29 is 19.5 Å². The topological polar surface area (TPSA) is 90.0 Å². The van der Waals surface area contributed by atoms with Gasteiger partial charge < -0.3 is 15.3 Å². The van der Waals surface area contributed by atoms with E-state index in [0.717, 1.165) is 11.1 Å². The molecule has 0 bridgehead atoms. The monoisotopic (exact) mass is 441 g/mol. The van der Waals surface area contributed by atoms with Gasteiger partial charge >= 0.3 is 0 Å². The molecular formula is C26H23N3O4. The van der Waals surface area contributed by atoms with E-state index in [1.165, 1.54) is 0 Å². The van der Waals surface area contributed by atoms with Crippen LogP contribution in [0.5, 0.6) is 5.75 Å². The number of hydrogen-bond donors (Lipinski definition) is 2. The van der Waals surface area contributed by atoms with E-state index in [1.54, 1.807) is 46.2 Å². The molecule has 7 nitrogen and oxygen atoms in total. The first-order valence-corrected chi connectivity index (χ1v) is 10.9. The van der Waals surface area contributed by atoms with Crippen LogP contribution in [0.2, 0.25) is 0 Å². The Labute approximate surface area is 191 Å². The molecule has 166 valence electrons. The van der Waals surface area contributed by atoms with Gasteiger partial charge in [0.05, 0.1) is 11.3 Å². The van der Waals surface area contributed by atoms with Crippen molar-refractivity contribution in [2.75, 3.05) is 18.0 Å². The zero-order valence-electron chi connectivity index (χ0n) is 17.9. The lowest BCUT2D eigenvalue weighted by molar-refractivity contribution is -0.121. The molecule has 0 saturated carbocycles. The molecule has 7 heteroatoms. The Bertz CT molecular complexity index is 1240. The molecule has 0 radical (unpaired) electrons.